The lowest BCUT2D eigenvalue weighted by molar-refractivity contribution is -0.139. The monoisotopic (exact) mass is 283 g/mol. The van der Waals surface area contributed by atoms with Crippen LogP contribution in [0.3, 0.4) is 0 Å². The van der Waals surface area contributed by atoms with Crippen LogP contribution in [0.15, 0.2) is 18.2 Å². The van der Waals surface area contributed by atoms with Gasteiger partial charge in [0.25, 0.3) is 0 Å². The number of rotatable bonds is 5. The summed E-state index contributed by atoms with van der Waals surface area (Å²) < 4.78 is 14.6. The summed E-state index contributed by atoms with van der Waals surface area (Å²) in [6.45, 7) is 1.94. The van der Waals surface area contributed by atoms with Crippen molar-refractivity contribution in [1.82, 2.24) is 0 Å². The van der Waals surface area contributed by atoms with Gasteiger partial charge in [0.1, 0.15) is 5.75 Å². The molecule has 0 saturated heterocycles. The maximum absolute atomic E-state index is 11.2. The Balaban J connectivity index is 2.97. The summed E-state index contributed by atoms with van der Waals surface area (Å²) in [7, 11) is 0. The molecule has 1 aromatic rings. The average molecular weight is 283 g/mol. The summed E-state index contributed by atoms with van der Waals surface area (Å²) in [4.78, 5) is 37.2. The fourth-order valence-electron chi connectivity index (χ4n) is 1.25. The maximum Gasteiger partial charge on any atom is 0.339 e. The number of hydrogen-bond acceptors (Lipinski definition) is 8. The highest BCUT2D eigenvalue weighted by Crippen LogP contribution is 2.32. The minimum absolute atomic E-state index is 0.0302. The lowest BCUT2D eigenvalue weighted by Crippen LogP contribution is -2.18. The Morgan fingerprint density at radius 1 is 1.00 bits per heavy atom. The Kier molecular flexibility index (Phi) is 5.63. The molecule has 108 valence electrons. The lowest BCUT2D eigenvalue weighted by atomic mass is 10.3. The SMILES string of the molecule is CC(=O)Oc1ccc(OC(=O)CON)cc1OC(C)=O. The maximum atomic E-state index is 11.2. The lowest BCUT2D eigenvalue weighted by Gasteiger charge is -2.10. The quantitative estimate of drug-likeness (QED) is 0.467. The van der Waals surface area contributed by atoms with Crippen LogP contribution in [-0.4, -0.2) is 24.5 Å². The minimum atomic E-state index is -0.735. The van der Waals surface area contributed by atoms with E-state index < -0.39 is 24.5 Å². The van der Waals surface area contributed by atoms with Crippen LogP contribution in [0.2, 0.25) is 0 Å². The van der Waals surface area contributed by atoms with Gasteiger partial charge in [-0.25, -0.2) is 10.7 Å². The first-order valence-corrected chi connectivity index (χ1v) is 5.45. The van der Waals surface area contributed by atoms with Crippen LogP contribution in [0.4, 0.5) is 0 Å². The van der Waals surface area contributed by atoms with Gasteiger partial charge in [-0.1, -0.05) is 0 Å². The zero-order chi connectivity index (χ0) is 15.1. The highest BCUT2D eigenvalue weighted by Gasteiger charge is 2.13. The third-order valence-corrected chi connectivity index (χ3v) is 1.86. The van der Waals surface area contributed by atoms with E-state index in [2.05, 4.69) is 4.84 Å². The van der Waals surface area contributed by atoms with E-state index in [1.807, 2.05) is 0 Å². The Morgan fingerprint density at radius 2 is 1.60 bits per heavy atom. The number of benzene rings is 1. The third kappa shape index (κ3) is 5.04. The molecule has 0 aliphatic rings. The summed E-state index contributed by atoms with van der Waals surface area (Å²) in [5.74, 6) is 2.86. The molecular weight excluding hydrogens is 270 g/mol. The molecule has 0 fully saturated rings. The number of carbonyl (C=O) groups excluding carboxylic acids is 3. The average Bonchev–Trinajstić information content (AvgIpc) is 2.31. The number of esters is 3. The van der Waals surface area contributed by atoms with Gasteiger partial charge in [0, 0.05) is 19.9 Å². The number of hydrogen-bond donors (Lipinski definition) is 1. The van der Waals surface area contributed by atoms with E-state index in [0.29, 0.717) is 0 Å². The molecule has 1 rings (SSSR count). The Morgan fingerprint density at radius 3 is 2.15 bits per heavy atom. The van der Waals surface area contributed by atoms with Crippen molar-refractivity contribution in [3.63, 3.8) is 0 Å². The van der Waals surface area contributed by atoms with Crippen molar-refractivity contribution in [3.05, 3.63) is 18.2 Å². The van der Waals surface area contributed by atoms with E-state index in [9.17, 15) is 14.4 Å². The van der Waals surface area contributed by atoms with Crippen LogP contribution in [0.5, 0.6) is 17.2 Å². The first-order chi connectivity index (χ1) is 9.42. The number of carbonyl (C=O) groups is 3. The Labute approximate surface area is 114 Å². The Bertz CT molecular complexity index is 527. The van der Waals surface area contributed by atoms with Gasteiger partial charge in [0.2, 0.25) is 0 Å². The predicted octanol–water partition coefficient (Wildman–Crippen LogP) is 0.333. The largest absolute Gasteiger partial charge is 0.425 e. The minimum Gasteiger partial charge on any atom is -0.425 e. The van der Waals surface area contributed by atoms with E-state index in [1.54, 1.807) is 0 Å². The molecule has 0 unspecified atom stereocenters. The molecule has 0 aromatic heterocycles. The molecule has 0 saturated carbocycles. The van der Waals surface area contributed by atoms with Gasteiger partial charge in [0.15, 0.2) is 18.1 Å². The molecule has 20 heavy (non-hydrogen) atoms. The third-order valence-electron chi connectivity index (χ3n) is 1.86. The van der Waals surface area contributed by atoms with Crippen molar-refractivity contribution in [2.75, 3.05) is 6.61 Å². The molecule has 0 radical (unpaired) electrons. The van der Waals surface area contributed by atoms with Crippen LogP contribution < -0.4 is 20.1 Å². The second kappa shape index (κ2) is 7.22. The van der Waals surface area contributed by atoms with Gasteiger partial charge >= 0.3 is 17.9 Å². The zero-order valence-corrected chi connectivity index (χ0v) is 10.9. The van der Waals surface area contributed by atoms with E-state index >= 15 is 0 Å². The van der Waals surface area contributed by atoms with E-state index in [4.69, 9.17) is 20.1 Å². The van der Waals surface area contributed by atoms with E-state index in [0.717, 1.165) is 0 Å². The first-order valence-electron chi connectivity index (χ1n) is 5.45. The highest BCUT2D eigenvalue weighted by molar-refractivity contribution is 5.76. The van der Waals surface area contributed by atoms with Crippen LogP contribution in [-0.2, 0) is 19.2 Å². The molecule has 0 aliphatic heterocycles. The standard InChI is InChI=1S/C12H13NO7/c1-7(14)18-10-4-3-9(20-12(16)6-17-13)5-11(10)19-8(2)15/h3-5H,6,13H2,1-2H3. The van der Waals surface area contributed by atoms with Gasteiger partial charge < -0.3 is 14.2 Å². The molecule has 0 atom stereocenters. The van der Waals surface area contributed by atoms with Crippen LogP contribution >= 0.6 is 0 Å². The topological polar surface area (TPSA) is 114 Å². The van der Waals surface area contributed by atoms with E-state index in [1.165, 1.54) is 32.0 Å². The molecule has 0 spiro atoms. The van der Waals surface area contributed by atoms with Crippen LogP contribution in [0, 0.1) is 0 Å². The second-order valence-electron chi connectivity index (χ2n) is 3.58. The number of nitrogens with two attached hydrogens (primary N) is 1. The summed E-state index contributed by atoms with van der Waals surface area (Å²) in [5, 5.41) is 0. The summed E-state index contributed by atoms with van der Waals surface area (Å²) >= 11 is 0. The second-order valence-corrected chi connectivity index (χ2v) is 3.58. The normalized spacial score (nSPS) is 9.75. The van der Waals surface area contributed by atoms with Crippen LogP contribution in [0.1, 0.15) is 13.8 Å². The van der Waals surface area contributed by atoms with Gasteiger partial charge in [-0.3, -0.25) is 14.4 Å². The van der Waals surface area contributed by atoms with Crippen LogP contribution in [0.25, 0.3) is 0 Å². The van der Waals surface area contributed by atoms with Gasteiger partial charge in [-0.05, 0) is 12.1 Å². The van der Waals surface area contributed by atoms with Crippen molar-refractivity contribution in [2.24, 2.45) is 5.90 Å². The first kappa shape index (κ1) is 15.6. The molecular formula is C12H13NO7. The summed E-state index contributed by atoms with van der Waals surface area (Å²) in [6, 6.07) is 3.92. The van der Waals surface area contributed by atoms with Crippen molar-refractivity contribution in [1.29, 1.82) is 0 Å². The smallest absolute Gasteiger partial charge is 0.339 e. The molecule has 1 aromatic carbocycles. The van der Waals surface area contributed by atoms with Gasteiger partial charge in [0.05, 0.1) is 0 Å². The molecule has 8 nitrogen and oxygen atoms in total. The molecule has 0 amide bonds. The predicted molar refractivity (Wildman–Crippen MR) is 64.8 cm³/mol. The zero-order valence-electron chi connectivity index (χ0n) is 10.9. The summed E-state index contributed by atoms with van der Waals surface area (Å²) in [5.41, 5.74) is 0. The molecule has 0 aliphatic carbocycles. The number of ether oxygens (including phenoxy) is 3. The Hall–Kier alpha value is -2.45. The van der Waals surface area contributed by atoms with Crippen molar-refractivity contribution >= 4 is 17.9 Å². The fraction of sp³-hybridized carbons (Fsp3) is 0.250. The fourth-order valence-corrected chi connectivity index (χ4v) is 1.25. The molecule has 0 heterocycles. The molecule has 2 N–H and O–H groups in total. The van der Waals surface area contributed by atoms with Crippen molar-refractivity contribution in [2.45, 2.75) is 13.8 Å². The van der Waals surface area contributed by atoms with Crippen molar-refractivity contribution < 1.29 is 33.4 Å². The van der Waals surface area contributed by atoms with Gasteiger partial charge in [-0.15, -0.1) is 0 Å². The van der Waals surface area contributed by atoms with Gasteiger partial charge in [-0.2, -0.15) is 0 Å². The highest BCUT2D eigenvalue weighted by atomic mass is 16.6. The summed E-state index contributed by atoms with van der Waals surface area (Å²) in [6.07, 6.45) is 0. The molecule has 8 heteroatoms. The van der Waals surface area contributed by atoms with E-state index in [-0.39, 0.29) is 17.2 Å². The van der Waals surface area contributed by atoms with Crippen molar-refractivity contribution in [3.8, 4) is 17.2 Å². The molecule has 0 bridgehead atoms.